The third-order valence-corrected chi connectivity index (χ3v) is 7.58. The number of carbonyl (C=O) groups excluding carboxylic acids is 1. The van der Waals surface area contributed by atoms with Crippen molar-refractivity contribution in [3.05, 3.63) is 81.3 Å². The molecular weight excluding hydrogens is 598 g/mol. The molecule has 0 saturated carbocycles. The first-order valence-corrected chi connectivity index (χ1v) is 14.3. The molecular formula is C26H27BrClN3O6S. The van der Waals surface area contributed by atoms with Crippen LogP contribution < -0.4 is 23.9 Å². The molecule has 0 spiro atoms. The Morgan fingerprint density at radius 1 is 1.13 bits per heavy atom. The van der Waals surface area contributed by atoms with Gasteiger partial charge in [-0.25, -0.2) is 13.8 Å². The molecule has 3 rings (SSSR count). The highest BCUT2D eigenvalue weighted by Crippen LogP contribution is 2.37. The fourth-order valence-electron chi connectivity index (χ4n) is 3.52. The van der Waals surface area contributed by atoms with Crippen LogP contribution in [0.1, 0.15) is 18.1 Å². The van der Waals surface area contributed by atoms with Crippen molar-refractivity contribution >= 4 is 55.4 Å². The molecule has 0 aliphatic heterocycles. The summed E-state index contributed by atoms with van der Waals surface area (Å²) in [5.41, 5.74) is 4.14. The van der Waals surface area contributed by atoms with Crippen LogP contribution in [0.25, 0.3) is 0 Å². The van der Waals surface area contributed by atoms with Gasteiger partial charge in [0.15, 0.2) is 11.5 Å². The number of hydrazone groups is 1. The summed E-state index contributed by atoms with van der Waals surface area (Å²) in [6, 6.07) is 16.1. The summed E-state index contributed by atoms with van der Waals surface area (Å²) in [5, 5.41) is 4.59. The van der Waals surface area contributed by atoms with E-state index in [-0.39, 0.29) is 6.61 Å². The van der Waals surface area contributed by atoms with Crippen molar-refractivity contribution in [1.29, 1.82) is 0 Å². The van der Waals surface area contributed by atoms with Crippen LogP contribution >= 0.6 is 27.5 Å². The molecule has 9 nitrogen and oxygen atoms in total. The first kappa shape index (κ1) is 29.3. The van der Waals surface area contributed by atoms with E-state index in [1.54, 1.807) is 42.5 Å². The zero-order valence-corrected chi connectivity index (χ0v) is 24.3. The predicted molar refractivity (Wildman–Crippen MR) is 152 cm³/mol. The molecule has 3 aromatic rings. The Bertz CT molecular complexity index is 1420. The topological polar surface area (TPSA) is 107 Å². The molecule has 38 heavy (non-hydrogen) atoms. The fraction of sp³-hybridized carbons (Fsp3) is 0.231. The first-order valence-electron chi connectivity index (χ1n) is 11.2. The Morgan fingerprint density at radius 2 is 1.82 bits per heavy atom. The molecule has 0 bridgehead atoms. The molecule has 0 radical (unpaired) electrons. The van der Waals surface area contributed by atoms with E-state index >= 15 is 0 Å². The number of sulfonamides is 1. The van der Waals surface area contributed by atoms with Crippen LogP contribution in [0.15, 0.2) is 70.2 Å². The van der Waals surface area contributed by atoms with E-state index in [1.165, 1.54) is 27.4 Å². The van der Waals surface area contributed by atoms with Gasteiger partial charge in [0.25, 0.3) is 5.91 Å². The van der Waals surface area contributed by atoms with Gasteiger partial charge in [-0.05, 0) is 70.9 Å². The van der Waals surface area contributed by atoms with Gasteiger partial charge in [-0.2, -0.15) is 5.10 Å². The zero-order chi connectivity index (χ0) is 27.9. The minimum atomic E-state index is -3.77. The van der Waals surface area contributed by atoms with Crippen molar-refractivity contribution in [2.24, 2.45) is 5.10 Å². The Labute approximate surface area is 235 Å². The largest absolute Gasteiger partial charge is 0.497 e. The number of rotatable bonds is 11. The van der Waals surface area contributed by atoms with E-state index in [1.807, 2.05) is 18.2 Å². The molecule has 0 aliphatic rings. The SMILES string of the molecule is COc1ccc(N([C@H](C)C(=O)N/N=C\c2cc(Br)c(OCc3ccccc3Cl)c(OC)c2)S(C)(=O)=O)cc1. The van der Waals surface area contributed by atoms with Crippen molar-refractivity contribution in [3.8, 4) is 17.2 Å². The lowest BCUT2D eigenvalue weighted by atomic mass is 10.2. The van der Waals surface area contributed by atoms with Gasteiger partial charge < -0.3 is 14.2 Å². The Morgan fingerprint density at radius 3 is 2.42 bits per heavy atom. The maximum Gasteiger partial charge on any atom is 0.263 e. The molecule has 0 saturated heterocycles. The highest BCUT2D eigenvalue weighted by molar-refractivity contribution is 9.10. The van der Waals surface area contributed by atoms with Gasteiger partial charge in [0.2, 0.25) is 10.0 Å². The molecule has 1 atom stereocenters. The second kappa shape index (κ2) is 13.0. The van der Waals surface area contributed by atoms with Crippen LogP contribution in [-0.2, 0) is 21.4 Å². The zero-order valence-electron chi connectivity index (χ0n) is 21.1. The lowest BCUT2D eigenvalue weighted by Gasteiger charge is -2.27. The summed E-state index contributed by atoms with van der Waals surface area (Å²) < 4.78 is 43.1. The van der Waals surface area contributed by atoms with Crippen LogP contribution in [0.5, 0.6) is 17.2 Å². The third kappa shape index (κ3) is 7.40. The van der Waals surface area contributed by atoms with E-state index < -0.39 is 22.0 Å². The van der Waals surface area contributed by atoms with Gasteiger partial charge in [0.05, 0.1) is 36.9 Å². The van der Waals surface area contributed by atoms with Crippen LogP contribution in [0.4, 0.5) is 5.69 Å². The van der Waals surface area contributed by atoms with Gasteiger partial charge in [-0.1, -0.05) is 29.8 Å². The number of carbonyl (C=O) groups is 1. The van der Waals surface area contributed by atoms with Gasteiger partial charge in [0, 0.05) is 10.6 Å². The van der Waals surface area contributed by atoms with E-state index in [4.69, 9.17) is 25.8 Å². The van der Waals surface area contributed by atoms with E-state index in [0.29, 0.717) is 38.0 Å². The van der Waals surface area contributed by atoms with Gasteiger partial charge >= 0.3 is 0 Å². The Kier molecular flexibility index (Phi) is 10.0. The molecule has 0 aliphatic carbocycles. The number of nitrogens with zero attached hydrogens (tertiary/aromatic N) is 2. The van der Waals surface area contributed by atoms with E-state index in [0.717, 1.165) is 16.1 Å². The Hall–Kier alpha value is -3.28. The lowest BCUT2D eigenvalue weighted by molar-refractivity contribution is -0.121. The van der Waals surface area contributed by atoms with Crippen LogP contribution in [0, 0.1) is 0 Å². The van der Waals surface area contributed by atoms with Crippen molar-refractivity contribution in [2.45, 2.75) is 19.6 Å². The van der Waals surface area contributed by atoms with Crippen LogP contribution in [0.2, 0.25) is 5.02 Å². The summed E-state index contributed by atoms with van der Waals surface area (Å²) in [6.45, 7) is 1.71. The number of ether oxygens (including phenoxy) is 3. The van der Waals surface area contributed by atoms with Crippen molar-refractivity contribution in [3.63, 3.8) is 0 Å². The maximum absolute atomic E-state index is 12.8. The molecule has 3 aromatic carbocycles. The molecule has 12 heteroatoms. The van der Waals surface area contributed by atoms with Crippen molar-refractivity contribution < 1.29 is 27.4 Å². The number of methoxy groups -OCH3 is 2. The van der Waals surface area contributed by atoms with Gasteiger partial charge in [-0.15, -0.1) is 0 Å². The first-order chi connectivity index (χ1) is 18.0. The lowest BCUT2D eigenvalue weighted by Crippen LogP contribution is -2.46. The average Bonchev–Trinajstić information content (AvgIpc) is 2.88. The van der Waals surface area contributed by atoms with Gasteiger partial charge in [0.1, 0.15) is 18.4 Å². The number of hydrogen-bond acceptors (Lipinski definition) is 7. The standard InChI is InChI=1S/C26H27BrClN3O6S/c1-17(31(38(4,33)34)20-9-11-21(35-2)12-10-20)26(32)30-29-15-18-13-22(27)25(24(14-18)36-3)37-16-19-7-5-6-8-23(19)28/h5-15,17H,16H2,1-4H3,(H,30,32)/b29-15-/t17-/m1/s1. The highest BCUT2D eigenvalue weighted by atomic mass is 79.9. The highest BCUT2D eigenvalue weighted by Gasteiger charge is 2.29. The number of halogens is 2. The number of anilines is 1. The monoisotopic (exact) mass is 623 g/mol. The normalized spacial score (nSPS) is 12.2. The number of nitrogens with one attached hydrogen (secondary N) is 1. The summed E-state index contributed by atoms with van der Waals surface area (Å²) in [4.78, 5) is 12.8. The quantitative estimate of drug-likeness (QED) is 0.238. The molecule has 0 unspecified atom stereocenters. The van der Waals surface area contributed by atoms with Crippen molar-refractivity contribution in [2.75, 3.05) is 24.8 Å². The second-order valence-corrected chi connectivity index (χ2v) is 11.2. The second-order valence-electron chi connectivity index (χ2n) is 8.08. The summed E-state index contributed by atoms with van der Waals surface area (Å²) in [7, 11) is -0.758. The predicted octanol–water partition coefficient (Wildman–Crippen LogP) is 5.00. The number of amides is 1. The molecule has 0 heterocycles. The van der Waals surface area contributed by atoms with Gasteiger partial charge in [-0.3, -0.25) is 9.10 Å². The van der Waals surface area contributed by atoms with Crippen molar-refractivity contribution in [1.82, 2.24) is 5.43 Å². The minimum Gasteiger partial charge on any atom is -0.497 e. The Balaban J connectivity index is 1.72. The smallest absolute Gasteiger partial charge is 0.263 e. The minimum absolute atomic E-state index is 0.237. The third-order valence-electron chi connectivity index (χ3n) is 5.39. The summed E-state index contributed by atoms with van der Waals surface area (Å²) in [6.07, 6.45) is 2.44. The fourth-order valence-corrected chi connectivity index (χ4v) is 5.46. The number of hydrogen-bond donors (Lipinski definition) is 1. The molecule has 1 amide bonds. The van der Waals surface area contributed by atoms with E-state index in [9.17, 15) is 13.2 Å². The molecule has 202 valence electrons. The van der Waals surface area contributed by atoms with Crippen LogP contribution in [0.3, 0.4) is 0 Å². The summed E-state index contributed by atoms with van der Waals surface area (Å²) in [5.74, 6) is 0.861. The number of benzene rings is 3. The molecule has 0 fully saturated rings. The average molecular weight is 625 g/mol. The van der Waals surface area contributed by atoms with E-state index in [2.05, 4.69) is 26.5 Å². The molecule has 0 aromatic heterocycles. The van der Waals surface area contributed by atoms with Crippen LogP contribution in [-0.4, -0.2) is 47.1 Å². The molecule has 1 N–H and O–H groups in total. The maximum atomic E-state index is 12.8. The summed E-state index contributed by atoms with van der Waals surface area (Å²) >= 11 is 9.69.